The summed E-state index contributed by atoms with van der Waals surface area (Å²) in [6.07, 6.45) is 0.447. The van der Waals surface area contributed by atoms with Crippen LogP contribution < -0.4 is 10.6 Å². The van der Waals surface area contributed by atoms with Gasteiger partial charge in [-0.05, 0) is 21.8 Å². The van der Waals surface area contributed by atoms with E-state index in [0.717, 1.165) is 6.54 Å². The van der Waals surface area contributed by atoms with Crippen LogP contribution in [0.4, 0.5) is 11.8 Å². The first kappa shape index (κ1) is 13.7. The van der Waals surface area contributed by atoms with Crippen LogP contribution >= 0.6 is 15.9 Å². The molecule has 0 atom stereocenters. The summed E-state index contributed by atoms with van der Waals surface area (Å²) >= 11 is 3.29. The van der Waals surface area contributed by atoms with E-state index >= 15 is 0 Å². The standard InChI is InChI=1S/C11H16BrN5/c1-8(2)7-17(5-3-4-13)11-15-9(12)6-10(14)16-11/h6,8H,3,5,7H2,1-2H3,(H2,14,15,16). The Kier molecular flexibility index (Phi) is 5.16. The Morgan fingerprint density at radius 3 is 2.76 bits per heavy atom. The molecular formula is C11H16BrN5. The second-order valence-corrected chi connectivity index (χ2v) is 4.98. The van der Waals surface area contributed by atoms with Crippen LogP contribution in [0.2, 0.25) is 0 Å². The minimum atomic E-state index is 0.424. The predicted molar refractivity (Wildman–Crippen MR) is 71.4 cm³/mol. The van der Waals surface area contributed by atoms with E-state index in [-0.39, 0.29) is 0 Å². The van der Waals surface area contributed by atoms with Crippen molar-refractivity contribution in [3.63, 3.8) is 0 Å². The third kappa shape index (κ3) is 4.57. The van der Waals surface area contributed by atoms with Crippen LogP contribution in [-0.4, -0.2) is 23.1 Å². The number of rotatable bonds is 5. The maximum Gasteiger partial charge on any atom is 0.228 e. The van der Waals surface area contributed by atoms with Crippen molar-refractivity contribution in [3.8, 4) is 6.07 Å². The largest absolute Gasteiger partial charge is 0.383 e. The van der Waals surface area contributed by atoms with E-state index in [9.17, 15) is 0 Å². The topological polar surface area (TPSA) is 78.8 Å². The fourth-order valence-corrected chi connectivity index (χ4v) is 1.86. The second-order valence-electron chi connectivity index (χ2n) is 4.16. The summed E-state index contributed by atoms with van der Waals surface area (Å²) < 4.78 is 0.658. The number of nitrogens with zero attached hydrogens (tertiary/aromatic N) is 4. The molecule has 0 amide bonds. The van der Waals surface area contributed by atoms with Gasteiger partial charge < -0.3 is 10.6 Å². The summed E-state index contributed by atoms with van der Waals surface area (Å²) in [5, 5.41) is 8.65. The zero-order valence-electron chi connectivity index (χ0n) is 10.0. The Morgan fingerprint density at radius 1 is 1.53 bits per heavy atom. The van der Waals surface area contributed by atoms with Crippen LogP contribution in [0.25, 0.3) is 0 Å². The first-order valence-electron chi connectivity index (χ1n) is 5.45. The molecule has 1 rings (SSSR count). The van der Waals surface area contributed by atoms with Gasteiger partial charge in [0.15, 0.2) is 0 Å². The summed E-state index contributed by atoms with van der Waals surface area (Å²) in [5.74, 6) is 1.46. The number of hydrogen-bond acceptors (Lipinski definition) is 5. The molecule has 1 aromatic rings. The molecular weight excluding hydrogens is 282 g/mol. The molecule has 0 aliphatic rings. The Morgan fingerprint density at radius 2 is 2.24 bits per heavy atom. The summed E-state index contributed by atoms with van der Waals surface area (Å²) in [7, 11) is 0. The molecule has 0 saturated carbocycles. The van der Waals surface area contributed by atoms with Gasteiger partial charge in [0, 0.05) is 19.2 Å². The van der Waals surface area contributed by atoms with Crippen LogP contribution in [0, 0.1) is 17.2 Å². The first-order valence-corrected chi connectivity index (χ1v) is 6.24. The van der Waals surface area contributed by atoms with Gasteiger partial charge in [-0.25, -0.2) is 4.98 Å². The van der Waals surface area contributed by atoms with E-state index in [1.54, 1.807) is 6.07 Å². The predicted octanol–water partition coefficient (Wildman–Crippen LogP) is 2.20. The minimum absolute atomic E-state index is 0.424. The van der Waals surface area contributed by atoms with E-state index in [1.165, 1.54) is 0 Å². The first-order chi connectivity index (χ1) is 8.02. The Hall–Kier alpha value is -1.35. The van der Waals surface area contributed by atoms with Crippen molar-refractivity contribution in [2.45, 2.75) is 20.3 Å². The lowest BCUT2D eigenvalue weighted by Crippen LogP contribution is -2.30. The molecule has 2 N–H and O–H groups in total. The van der Waals surface area contributed by atoms with Crippen molar-refractivity contribution < 1.29 is 0 Å². The number of aromatic nitrogens is 2. The molecule has 1 heterocycles. The Labute approximate surface area is 110 Å². The highest BCUT2D eigenvalue weighted by atomic mass is 79.9. The van der Waals surface area contributed by atoms with Gasteiger partial charge in [-0.2, -0.15) is 10.2 Å². The SMILES string of the molecule is CC(C)CN(CCC#N)c1nc(N)cc(Br)n1. The minimum Gasteiger partial charge on any atom is -0.383 e. The number of halogens is 1. The van der Waals surface area contributed by atoms with E-state index in [0.29, 0.717) is 35.3 Å². The third-order valence-corrected chi connectivity index (χ3v) is 2.47. The fraction of sp³-hybridized carbons (Fsp3) is 0.545. The zero-order valence-corrected chi connectivity index (χ0v) is 11.6. The smallest absolute Gasteiger partial charge is 0.228 e. The van der Waals surface area contributed by atoms with Crippen LogP contribution in [0.15, 0.2) is 10.7 Å². The number of nitrogens with two attached hydrogens (primary N) is 1. The molecule has 0 spiro atoms. The van der Waals surface area contributed by atoms with Crippen molar-refractivity contribution in [2.75, 3.05) is 23.7 Å². The highest BCUT2D eigenvalue weighted by molar-refractivity contribution is 9.10. The Balaban J connectivity index is 2.91. The molecule has 0 radical (unpaired) electrons. The van der Waals surface area contributed by atoms with Crippen molar-refractivity contribution in [1.29, 1.82) is 5.26 Å². The zero-order chi connectivity index (χ0) is 12.8. The number of nitrogen functional groups attached to an aromatic ring is 1. The van der Waals surface area contributed by atoms with Crippen LogP contribution in [0.3, 0.4) is 0 Å². The molecule has 0 saturated heterocycles. The van der Waals surface area contributed by atoms with Gasteiger partial charge in [-0.3, -0.25) is 0 Å². The van der Waals surface area contributed by atoms with Gasteiger partial charge >= 0.3 is 0 Å². The fourth-order valence-electron chi connectivity index (χ4n) is 1.46. The monoisotopic (exact) mass is 297 g/mol. The summed E-state index contributed by atoms with van der Waals surface area (Å²) in [4.78, 5) is 10.5. The average Bonchev–Trinajstić information content (AvgIpc) is 2.22. The number of anilines is 2. The summed E-state index contributed by atoms with van der Waals surface area (Å²) in [5.41, 5.74) is 5.68. The molecule has 0 aliphatic carbocycles. The van der Waals surface area contributed by atoms with Crippen molar-refractivity contribution in [1.82, 2.24) is 9.97 Å². The van der Waals surface area contributed by atoms with Gasteiger partial charge in [0.2, 0.25) is 5.95 Å². The van der Waals surface area contributed by atoms with Crippen molar-refractivity contribution in [3.05, 3.63) is 10.7 Å². The van der Waals surface area contributed by atoms with E-state index < -0.39 is 0 Å². The Bertz CT molecular complexity index is 393. The lowest BCUT2D eigenvalue weighted by Gasteiger charge is -2.23. The van der Waals surface area contributed by atoms with Crippen LogP contribution in [0.1, 0.15) is 20.3 Å². The summed E-state index contributed by atoms with van der Waals surface area (Å²) in [6.45, 7) is 5.64. The van der Waals surface area contributed by atoms with Crippen LogP contribution in [-0.2, 0) is 0 Å². The van der Waals surface area contributed by atoms with E-state index in [2.05, 4.69) is 45.8 Å². The summed E-state index contributed by atoms with van der Waals surface area (Å²) in [6, 6.07) is 3.78. The molecule has 92 valence electrons. The molecule has 0 unspecified atom stereocenters. The molecule has 0 fully saturated rings. The molecule has 5 nitrogen and oxygen atoms in total. The van der Waals surface area contributed by atoms with Crippen molar-refractivity contribution >= 4 is 27.7 Å². The van der Waals surface area contributed by atoms with Gasteiger partial charge in [-0.15, -0.1) is 0 Å². The molecule has 0 aromatic carbocycles. The number of nitriles is 1. The lowest BCUT2D eigenvalue weighted by atomic mass is 10.2. The maximum absolute atomic E-state index is 8.65. The molecule has 0 aliphatic heterocycles. The number of hydrogen-bond donors (Lipinski definition) is 1. The van der Waals surface area contributed by atoms with Gasteiger partial charge in [-0.1, -0.05) is 13.8 Å². The quantitative estimate of drug-likeness (QED) is 0.843. The third-order valence-electron chi connectivity index (χ3n) is 2.06. The maximum atomic E-state index is 8.65. The highest BCUT2D eigenvalue weighted by Gasteiger charge is 2.12. The normalized spacial score (nSPS) is 10.3. The second kappa shape index (κ2) is 6.40. The van der Waals surface area contributed by atoms with Crippen molar-refractivity contribution in [2.24, 2.45) is 5.92 Å². The van der Waals surface area contributed by atoms with E-state index in [1.807, 2.05) is 4.90 Å². The molecule has 1 aromatic heterocycles. The molecule has 6 heteroatoms. The molecule has 17 heavy (non-hydrogen) atoms. The van der Waals surface area contributed by atoms with Gasteiger partial charge in [0.1, 0.15) is 10.4 Å². The molecule has 0 bridgehead atoms. The van der Waals surface area contributed by atoms with Gasteiger partial charge in [0.25, 0.3) is 0 Å². The van der Waals surface area contributed by atoms with E-state index in [4.69, 9.17) is 11.0 Å². The van der Waals surface area contributed by atoms with Crippen LogP contribution in [0.5, 0.6) is 0 Å². The highest BCUT2D eigenvalue weighted by Crippen LogP contribution is 2.17. The average molecular weight is 298 g/mol. The lowest BCUT2D eigenvalue weighted by molar-refractivity contribution is 0.602. The van der Waals surface area contributed by atoms with Gasteiger partial charge in [0.05, 0.1) is 12.5 Å².